The van der Waals surface area contributed by atoms with Gasteiger partial charge in [-0.1, -0.05) is 6.07 Å². The van der Waals surface area contributed by atoms with E-state index >= 15 is 0 Å². The summed E-state index contributed by atoms with van der Waals surface area (Å²) in [6.07, 6.45) is 1.35. The number of aryl methyl sites for hydroxylation is 1. The van der Waals surface area contributed by atoms with E-state index in [4.69, 9.17) is 4.42 Å². The van der Waals surface area contributed by atoms with Crippen molar-refractivity contribution >= 4 is 11.0 Å². The highest BCUT2D eigenvalue weighted by Gasteiger charge is 2.02. The Kier molecular flexibility index (Phi) is 1.15. The molecule has 1 heterocycles. The SMILES string of the molecule is Cc1ccc2c(O)coc2c1. The molecule has 0 saturated carbocycles. The summed E-state index contributed by atoms with van der Waals surface area (Å²) in [6, 6.07) is 5.69. The van der Waals surface area contributed by atoms with Crippen molar-refractivity contribution in [3.8, 4) is 5.75 Å². The van der Waals surface area contributed by atoms with Crippen LogP contribution in [-0.4, -0.2) is 5.11 Å². The Bertz CT molecular complexity index is 387. The zero-order valence-corrected chi connectivity index (χ0v) is 6.16. The maximum atomic E-state index is 9.21. The van der Waals surface area contributed by atoms with Crippen LogP contribution in [0.4, 0.5) is 0 Å². The number of aromatic hydroxyl groups is 1. The Morgan fingerprint density at radius 1 is 1.36 bits per heavy atom. The lowest BCUT2D eigenvalue weighted by Gasteiger charge is -1.90. The van der Waals surface area contributed by atoms with E-state index in [1.807, 2.05) is 25.1 Å². The van der Waals surface area contributed by atoms with E-state index in [1.165, 1.54) is 6.26 Å². The van der Waals surface area contributed by atoms with Crippen molar-refractivity contribution in [1.82, 2.24) is 0 Å². The maximum Gasteiger partial charge on any atom is 0.161 e. The molecule has 0 spiro atoms. The van der Waals surface area contributed by atoms with Crippen molar-refractivity contribution in [2.75, 3.05) is 0 Å². The molecule has 0 bridgehead atoms. The van der Waals surface area contributed by atoms with E-state index in [-0.39, 0.29) is 5.75 Å². The van der Waals surface area contributed by atoms with Crippen LogP contribution in [-0.2, 0) is 0 Å². The Hall–Kier alpha value is -1.44. The largest absolute Gasteiger partial charge is 0.504 e. The molecular formula is C9H8O2. The summed E-state index contributed by atoms with van der Waals surface area (Å²) in [7, 11) is 0. The lowest BCUT2D eigenvalue weighted by molar-refractivity contribution is 0.464. The lowest BCUT2D eigenvalue weighted by Crippen LogP contribution is -1.68. The minimum absolute atomic E-state index is 0.208. The number of furan rings is 1. The van der Waals surface area contributed by atoms with Crippen LogP contribution in [0.25, 0.3) is 11.0 Å². The average Bonchev–Trinajstić information content (AvgIpc) is 2.32. The molecule has 0 fully saturated rings. The van der Waals surface area contributed by atoms with Crippen LogP contribution in [0.3, 0.4) is 0 Å². The highest BCUT2D eigenvalue weighted by Crippen LogP contribution is 2.26. The standard InChI is InChI=1S/C9H8O2/c1-6-2-3-7-8(10)5-11-9(7)4-6/h2-5,10H,1H3. The van der Waals surface area contributed by atoms with Gasteiger partial charge in [0.15, 0.2) is 5.75 Å². The fraction of sp³-hybridized carbons (Fsp3) is 0.111. The second kappa shape index (κ2) is 2.02. The summed E-state index contributed by atoms with van der Waals surface area (Å²) in [6.45, 7) is 1.99. The van der Waals surface area contributed by atoms with E-state index in [0.29, 0.717) is 0 Å². The highest BCUT2D eigenvalue weighted by atomic mass is 16.4. The molecule has 56 valence electrons. The molecule has 2 rings (SSSR count). The normalized spacial score (nSPS) is 10.6. The number of rotatable bonds is 0. The zero-order chi connectivity index (χ0) is 7.84. The van der Waals surface area contributed by atoms with Crippen LogP contribution >= 0.6 is 0 Å². The first-order chi connectivity index (χ1) is 5.27. The van der Waals surface area contributed by atoms with Crippen molar-refractivity contribution in [2.24, 2.45) is 0 Å². The molecule has 0 amide bonds. The fourth-order valence-corrected chi connectivity index (χ4v) is 1.12. The summed E-state index contributed by atoms with van der Waals surface area (Å²) >= 11 is 0. The van der Waals surface area contributed by atoms with Crippen LogP contribution in [0.2, 0.25) is 0 Å². The number of benzene rings is 1. The average molecular weight is 148 g/mol. The summed E-state index contributed by atoms with van der Waals surface area (Å²) < 4.78 is 5.08. The highest BCUT2D eigenvalue weighted by molar-refractivity contribution is 5.83. The van der Waals surface area contributed by atoms with Gasteiger partial charge in [-0.3, -0.25) is 0 Å². The van der Waals surface area contributed by atoms with E-state index in [2.05, 4.69) is 0 Å². The minimum Gasteiger partial charge on any atom is -0.504 e. The summed E-state index contributed by atoms with van der Waals surface area (Å²) in [4.78, 5) is 0. The van der Waals surface area contributed by atoms with Crippen molar-refractivity contribution in [1.29, 1.82) is 0 Å². The van der Waals surface area contributed by atoms with Gasteiger partial charge in [0.2, 0.25) is 0 Å². The van der Waals surface area contributed by atoms with E-state index in [0.717, 1.165) is 16.5 Å². The number of fused-ring (bicyclic) bond motifs is 1. The fourth-order valence-electron chi connectivity index (χ4n) is 1.12. The molecule has 0 radical (unpaired) electrons. The summed E-state index contributed by atoms with van der Waals surface area (Å²) in [5.74, 6) is 0.208. The van der Waals surface area contributed by atoms with Gasteiger partial charge in [0.25, 0.3) is 0 Å². The van der Waals surface area contributed by atoms with Gasteiger partial charge in [-0.05, 0) is 24.6 Å². The van der Waals surface area contributed by atoms with Crippen molar-refractivity contribution < 1.29 is 9.52 Å². The van der Waals surface area contributed by atoms with Crippen LogP contribution in [0, 0.1) is 6.92 Å². The Morgan fingerprint density at radius 2 is 2.18 bits per heavy atom. The molecule has 0 aliphatic heterocycles. The zero-order valence-electron chi connectivity index (χ0n) is 6.16. The van der Waals surface area contributed by atoms with E-state index < -0.39 is 0 Å². The van der Waals surface area contributed by atoms with Gasteiger partial charge in [-0.15, -0.1) is 0 Å². The first kappa shape index (κ1) is 6.28. The first-order valence-corrected chi connectivity index (χ1v) is 3.44. The maximum absolute atomic E-state index is 9.21. The molecule has 2 heteroatoms. The number of hydrogen-bond donors (Lipinski definition) is 1. The third kappa shape index (κ3) is 0.871. The van der Waals surface area contributed by atoms with Crippen molar-refractivity contribution in [3.05, 3.63) is 30.0 Å². The van der Waals surface area contributed by atoms with Gasteiger partial charge in [-0.25, -0.2) is 0 Å². The van der Waals surface area contributed by atoms with E-state index in [1.54, 1.807) is 0 Å². The van der Waals surface area contributed by atoms with Gasteiger partial charge < -0.3 is 9.52 Å². The smallest absolute Gasteiger partial charge is 0.161 e. The molecule has 0 aliphatic rings. The molecule has 11 heavy (non-hydrogen) atoms. The van der Waals surface area contributed by atoms with Gasteiger partial charge in [0.05, 0.1) is 5.39 Å². The van der Waals surface area contributed by atoms with Crippen LogP contribution in [0.5, 0.6) is 5.75 Å². The van der Waals surface area contributed by atoms with Gasteiger partial charge >= 0.3 is 0 Å². The molecule has 1 aromatic heterocycles. The monoisotopic (exact) mass is 148 g/mol. The first-order valence-electron chi connectivity index (χ1n) is 3.44. The van der Waals surface area contributed by atoms with Crippen LogP contribution < -0.4 is 0 Å². The Morgan fingerprint density at radius 3 is 3.00 bits per heavy atom. The quantitative estimate of drug-likeness (QED) is 0.622. The van der Waals surface area contributed by atoms with Gasteiger partial charge in [-0.2, -0.15) is 0 Å². The van der Waals surface area contributed by atoms with E-state index in [9.17, 15) is 5.11 Å². The molecule has 0 saturated heterocycles. The van der Waals surface area contributed by atoms with Crippen LogP contribution in [0.15, 0.2) is 28.9 Å². The Balaban J connectivity index is 2.86. The van der Waals surface area contributed by atoms with Gasteiger partial charge in [0.1, 0.15) is 11.8 Å². The molecule has 0 aliphatic carbocycles. The molecular weight excluding hydrogens is 140 g/mol. The predicted molar refractivity (Wildman–Crippen MR) is 42.6 cm³/mol. The second-order valence-corrected chi connectivity index (χ2v) is 2.62. The predicted octanol–water partition coefficient (Wildman–Crippen LogP) is 2.45. The molecule has 1 aromatic carbocycles. The molecule has 0 unspecified atom stereocenters. The molecule has 0 atom stereocenters. The van der Waals surface area contributed by atoms with Crippen LogP contribution in [0.1, 0.15) is 5.56 Å². The van der Waals surface area contributed by atoms with Gasteiger partial charge in [0, 0.05) is 0 Å². The Labute approximate surface area is 64.1 Å². The number of hydrogen-bond acceptors (Lipinski definition) is 2. The molecule has 1 N–H and O–H groups in total. The topological polar surface area (TPSA) is 33.4 Å². The van der Waals surface area contributed by atoms with Crippen molar-refractivity contribution in [2.45, 2.75) is 6.92 Å². The molecule has 2 aromatic rings. The lowest BCUT2D eigenvalue weighted by atomic mass is 10.2. The summed E-state index contributed by atoms with van der Waals surface area (Å²) in [5, 5.41) is 9.98. The third-order valence-electron chi connectivity index (χ3n) is 1.71. The van der Waals surface area contributed by atoms with Crippen molar-refractivity contribution in [3.63, 3.8) is 0 Å². The minimum atomic E-state index is 0.208. The summed E-state index contributed by atoms with van der Waals surface area (Å²) in [5.41, 5.74) is 1.87. The second-order valence-electron chi connectivity index (χ2n) is 2.62. The third-order valence-corrected chi connectivity index (χ3v) is 1.71. The molecule has 2 nitrogen and oxygen atoms in total.